The lowest BCUT2D eigenvalue weighted by atomic mass is 10.0. The van der Waals surface area contributed by atoms with Crippen molar-refractivity contribution in [2.24, 2.45) is 0 Å². The second-order valence-electron chi connectivity index (χ2n) is 10.1. The Labute approximate surface area is 254 Å². The molecule has 0 amide bonds. The maximum Gasteiger partial charge on any atom is 0.454 e. The lowest BCUT2D eigenvalue weighted by Crippen LogP contribution is -2.22. The van der Waals surface area contributed by atoms with Gasteiger partial charge in [-0.25, -0.2) is 0 Å². The summed E-state index contributed by atoms with van der Waals surface area (Å²) in [7, 11) is 0. The molecular formula is C38H27F3N2O. The molecular weight excluding hydrogens is 557 g/mol. The number of rotatable bonds is 8. The first-order valence-electron chi connectivity index (χ1n) is 14.1. The molecule has 0 N–H and O–H groups in total. The summed E-state index contributed by atoms with van der Waals surface area (Å²) < 4.78 is 38.9. The second-order valence-corrected chi connectivity index (χ2v) is 10.1. The number of Topliss-reactive ketones (excluding diaryl/α,β-unsaturated/α-hetero) is 1. The number of benzene rings is 6. The van der Waals surface area contributed by atoms with E-state index in [2.05, 4.69) is 53.4 Å². The molecule has 6 aromatic rings. The van der Waals surface area contributed by atoms with E-state index in [1.54, 1.807) is 0 Å². The summed E-state index contributed by atoms with van der Waals surface area (Å²) >= 11 is 0. The third-order valence-corrected chi connectivity index (χ3v) is 7.27. The average molecular weight is 585 g/mol. The van der Waals surface area contributed by atoms with Gasteiger partial charge in [-0.3, -0.25) is 4.79 Å². The van der Waals surface area contributed by atoms with Crippen molar-refractivity contribution in [3.8, 4) is 11.1 Å². The molecule has 6 aromatic carbocycles. The maximum atomic E-state index is 13.0. The molecule has 0 aliphatic rings. The molecule has 6 rings (SSSR count). The van der Waals surface area contributed by atoms with Gasteiger partial charge in [0.1, 0.15) is 0 Å². The van der Waals surface area contributed by atoms with Crippen LogP contribution in [0.4, 0.5) is 47.3 Å². The highest BCUT2D eigenvalue weighted by atomic mass is 19.4. The normalized spacial score (nSPS) is 11.2. The topological polar surface area (TPSA) is 23.6 Å². The third-order valence-electron chi connectivity index (χ3n) is 7.27. The van der Waals surface area contributed by atoms with Crippen LogP contribution >= 0.6 is 0 Å². The van der Waals surface area contributed by atoms with E-state index in [0.717, 1.165) is 39.6 Å². The smallest absolute Gasteiger partial charge is 0.311 e. The van der Waals surface area contributed by atoms with Crippen LogP contribution in [0.25, 0.3) is 11.1 Å². The minimum atomic E-state index is -4.92. The van der Waals surface area contributed by atoms with Gasteiger partial charge < -0.3 is 9.80 Å². The largest absolute Gasteiger partial charge is 0.454 e. The standard InChI is InChI=1S/C38H27F3N2O/c39-38(40,41)37(44)30-20-26-36(27-21-30)43(33-14-8-3-9-15-33)35-24-18-29(19-25-35)28-16-22-34(23-17-28)42(31-10-4-1-5-11-31)32-12-6-2-7-13-32/h1-27H. The first-order valence-corrected chi connectivity index (χ1v) is 14.1. The molecule has 0 radical (unpaired) electrons. The maximum absolute atomic E-state index is 13.0. The molecule has 0 aromatic heterocycles. The molecule has 0 atom stereocenters. The summed E-state index contributed by atoms with van der Waals surface area (Å²) in [5, 5.41) is 0. The Kier molecular flexibility index (Phi) is 7.98. The van der Waals surface area contributed by atoms with Crippen molar-refractivity contribution in [3.05, 3.63) is 169 Å². The van der Waals surface area contributed by atoms with Crippen molar-refractivity contribution in [2.45, 2.75) is 6.18 Å². The molecule has 6 heteroatoms. The molecule has 0 aliphatic heterocycles. The number of nitrogens with zero attached hydrogens (tertiary/aromatic N) is 2. The molecule has 0 bridgehead atoms. The van der Waals surface area contributed by atoms with Crippen molar-refractivity contribution < 1.29 is 18.0 Å². The van der Waals surface area contributed by atoms with Crippen molar-refractivity contribution in [2.75, 3.05) is 9.80 Å². The highest BCUT2D eigenvalue weighted by molar-refractivity contribution is 6.00. The van der Waals surface area contributed by atoms with Gasteiger partial charge in [-0.05, 0) is 96.1 Å². The molecule has 0 spiro atoms. The molecule has 3 nitrogen and oxygen atoms in total. The molecule has 216 valence electrons. The molecule has 0 saturated carbocycles. The number of carbonyl (C=O) groups is 1. The van der Waals surface area contributed by atoms with Gasteiger partial charge in [0.05, 0.1) is 0 Å². The Hall–Kier alpha value is -5.62. The summed E-state index contributed by atoms with van der Waals surface area (Å²) in [6, 6.07) is 51.8. The van der Waals surface area contributed by atoms with E-state index in [1.807, 2.05) is 95.9 Å². The Morgan fingerprint density at radius 2 is 0.659 bits per heavy atom. The van der Waals surface area contributed by atoms with Gasteiger partial charge in [0.2, 0.25) is 0 Å². The number of hydrogen-bond donors (Lipinski definition) is 0. The number of anilines is 6. The van der Waals surface area contributed by atoms with Crippen LogP contribution in [0, 0.1) is 0 Å². The van der Waals surface area contributed by atoms with Crippen molar-refractivity contribution >= 4 is 39.9 Å². The van der Waals surface area contributed by atoms with E-state index in [1.165, 1.54) is 24.3 Å². The fraction of sp³-hybridized carbons (Fsp3) is 0.0263. The van der Waals surface area contributed by atoms with Gasteiger partial charge in [0, 0.05) is 39.7 Å². The van der Waals surface area contributed by atoms with E-state index in [0.29, 0.717) is 5.69 Å². The van der Waals surface area contributed by atoms with Gasteiger partial charge in [-0.2, -0.15) is 13.2 Å². The summed E-state index contributed by atoms with van der Waals surface area (Å²) in [5.74, 6) is -1.86. The monoisotopic (exact) mass is 584 g/mol. The second kappa shape index (κ2) is 12.3. The van der Waals surface area contributed by atoms with Crippen LogP contribution < -0.4 is 9.80 Å². The zero-order valence-electron chi connectivity index (χ0n) is 23.5. The van der Waals surface area contributed by atoms with Crippen LogP contribution in [0.1, 0.15) is 10.4 Å². The highest BCUT2D eigenvalue weighted by Crippen LogP contribution is 2.38. The predicted octanol–water partition coefficient (Wildman–Crippen LogP) is 11.0. The van der Waals surface area contributed by atoms with E-state index < -0.39 is 17.5 Å². The lowest BCUT2D eigenvalue weighted by Gasteiger charge is -2.26. The highest BCUT2D eigenvalue weighted by Gasteiger charge is 2.39. The van der Waals surface area contributed by atoms with Crippen molar-refractivity contribution in [1.82, 2.24) is 0 Å². The Balaban J connectivity index is 1.29. The number of carbonyl (C=O) groups excluding carboxylic acids is 1. The van der Waals surface area contributed by atoms with Gasteiger partial charge in [-0.15, -0.1) is 0 Å². The minimum absolute atomic E-state index is 0.397. The molecule has 0 heterocycles. The first kappa shape index (κ1) is 28.5. The van der Waals surface area contributed by atoms with Crippen molar-refractivity contribution in [1.29, 1.82) is 0 Å². The summed E-state index contributed by atoms with van der Waals surface area (Å²) in [6.45, 7) is 0. The van der Waals surface area contributed by atoms with Gasteiger partial charge in [0.25, 0.3) is 5.78 Å². The van der Waals surface area contributed by atoms with Gasteiger partial charge in [-0.1, -0.05) is 78.9 Å². The van der Waals surface area contributed by atoms with Crippen LogP contribution in [0.15, 0.2) is 164 Å². The van der Waals surface area contributed by atoms with Crippen LogP contribution in [0.3, 0.4) is 0 Å². The number of alkyl halides is 3. The molecule has 0 saturated heterocycles. The quantitative estimate of drug-likeness (QED) is 0.166. The SMILES string of the molecule is O=C(c1ccc(N(c2ccccc2)c2ccc(-c3ccc(N(c4ccccc4)c4ccccc4)cc3)cc2)cc1)C(F)(F)F. The van der Waals surface area contributed by atoms with Crippen LogP contribution in [0.2, 0.25) is 0 Å². The number of halogens is 3. The molecule has 0 fully saturated rings. The van der Waals surface area contributed by atoms with Gasteiger partial charge >= 0.3 is 6.18 Å². The third kappa shape index (κ3) is 6.10. The molecule has 0 unspecified atom stereocenters. The summed E-state index contributed by atoms with van der Waals surface area (Å²) in [4.78, 5) is 15.9. The molecule has 0 aliphatic carbocycles. The zero-order chi connectivity index (χ0) is 30.5. The van der Waals surface area contributed by atoms with Crippen molar-refractivity contribution in [3.63, 3.8) is 0 Å². The lowest BCUT2D eigenvalue weighted by molar-refractivity contribution is -0.0885. The van der Waals surface area contributed by atoms with Crippen LogP contribution in [-0.2, 0) is 0 Å². The predicted molar refractivity (Wildman–Crippen MR) is 172 cm³/mol. The fourth-order valence-corrected chi connectivity index (χ4v) is 5.16. The first-order chi connectivity index (χ1) is 21.4. The fourth-order valence-electron chi connectivity index (χ4n) is 5.16. The number of hydrogen-bond acceptors (Lipinski definition) is 3. The zero-order valence-corrected chi connectivity index (χ0v) is 23.5. The summed E-state index contributed by atoms with van der Waals surface area (Å²) in [6.07, 6.45) is -4.92. The minimum Gasteiger partial charge on any atom is -0.311 e. The molecule has 44 heavy (non-hydrogen) atoms. The average Bonchev–Trinajstić information content (AvgIpc) is 3.07. The van der Waals surface area contributed by atoms with E-state index in [4.69, 9.17) is 0 Å². The van der Waals surface area contributed by atoms with E-state index in [-0.39, 0.29) is 0 Å². The van der Waals surface area contributed by atoms with Crippen LogP contribution in [0.5, 0.6) is 0 Å². The van der Waals surface area contributed by atoms with Crippen LogP contribution in [-0.4, -0.2) is 12.0 Å². The van der Waals surface area contributed by atoms with E-state index >= 15 is 0 Å². The number of ketones is 1. The Bertz CT molecular complexity index is 1780. The Morgan fingerprint density at radius 3 is 0.955 bits per heavy atom. The van der Waals surface area contributed by atoms with Gasteiger partial charge in [0.15, 0.2) is 0 Å². The number of para-hydroxylation sites is 3. The summed E-state index contributed by atoms with van der Waals surface area (Å²) in [5.41, 5.74) is 7.12. The Morgan fingerprint density at radius 1 is 0.386 bits per heavy atom. The van der Waals surface area contributed by atoms with E-state index in [9.17, 15) is 18.0 Å².